The Hall–Kier alpha value is 0.883. The van der Waals surface area contributed by atoms with Gasteiger partial charge in [0.15, 0.2) is 0 Å². The molecule has 0 heterocycles. The second kappa shape index (κ2) is 16.4. The van der Waals surface area contributed by atoms with Crippen molar-refractivity contribution in [2.75, 3.05) is 0 Å². The van der Waals surface area contributed by atoms with Crippen LogP contribution in [0.15, 0.2) is 0 Å². The number of hydrogen-bond acceptors (Lipinski definition) is 0. The van der Waals surface area contributed by atoms with Gasteiger partial charge in [-0.2, -0.15) is 0 Å². The molecule has 0 bridgehead atoms. The van der Waals surface area contributed by atoms with Crippen LogP contribution in [0.3, 0.4) is 0 Å². The second-order valence-electron chi connectivity index (χ2n) is 7.07. The number of fused-ring (bicyclic) bond motifs is 1. The van der Waals surface area contributed by atoms with Gasteiger partial charge in [-0.25, -0.2) is 0 Å². The molecule has 0 saturated heterocycles. The summed E-state index contributed by atoms with van der Waals surface area (Å²) in [5.74, 6) is 5.59. The summed E-state index contributed by atoms with van der Waals surface area (Å²) < 4.78 is 0. The maximum Gasteiger partial charge on any atom is 4.00 e. The molecule has 23 heavy (non-hydrogen) atoms. The van der Waals surface area contributed by atoms with Crippen LogP contribution in [0.1, 0.15) is 85.0 Å². The van der Waals surface area contributed by atoms with E-state index in [1.165, 1.54) is 12.8 Å². The van der Waals surface area contributed by atoms with Crippen LogP contribution < -0.4 is 0 Å². The fraction of sp³-hybridized carbons (Fsp3) is 0.818. The van der Waals surface area contributed by atoms with Crippen molar-refractivity contribution in [3.05, 3.63) is 29.7 Å². The summed E-state index contributed by atoms with van der Waals surface area (Å²) >= 11 is 0. The van der Waals surface area contributed by atoms with Gasteiger partial charge in [-0.05, 0) is 61.7 Å². The molecule has 0 aliphatic heterocycles. The predicted molar refractivity (Wildman–Crippen MR) is 106 cm³/mol. The van der Waals surface area contributed by atoms with Crippen LogP contribution in [0, 0.1) is 59.3 Å². The van der Waals surface area contributed by atoms with Crippen molar-refractivity contribution in [2.45, 2.75) is 85.0 Å². The molecule has 1 heteroatoms. The average Bonchev–Trinajstić information content (AvgIpc) is 3.00. The Balaban J connectivity index is -0.000000249. The summed E-state index contributed by atoms with van der Waals surface area (Å²) in [6, 6.07) is 0. The Labute approximate surface area is 170 Å². The standard InChI is InChI=1S/C16H28.C2H6.4CH3.Zr/c1-12-6-7-13(10-12)11-15-9-8-14-4-2-3-5-16(14)15;1-2;;;;;/h12-16H,2-11H2,1H3;1-2H3;4*1H3;/q;;4*-1;+4. The van der Waals surface area contributed by atoms with Crippen LogP contribution in [0.4, 0.5) is 0 Å². The smallest absolute Gasteiger partial charge is 0.358 e. The van der Waals surface area contributed by atoms with E-state index in [0.717, 1.165) is 29.6 Å². The zero-order valence-corrected chi connectivity index (χ0v) is 19.9. The van der Waals surface area contributed by atoms with Gasteiger partial charge in [0.2, 0.25) is 0 Å². The monoisotopic (exact) mass is 400 g/mol. The molecule has 0 radical (unpaired) electrons. The zero-order chi connectivity index (χ0) is 13.0. The summed E-state index contributed by atoms with van der Waals surface area (Å²) in [5.41, 5.74) is 0. The van der Waals surface area contributed by atoms with Gasteiger partial charge in [-0.3, -0.25) is 0 Å². The molecule has 5 unspecified atom stereocenters. The number of hydrogen-bond donors (Lipinski definition) is 0. The molecule has 0 spiro atoms. The molecular formula is C22H46Zr. The molecule has 0 aromatic rings. The Kier molecular flexibility index (Phi) is 22.5. The van der Waals surface area contributed by atoms with Crippen LogP contribution in [-0.4, -0.2) is 0 Å². The van der Waals surface area contributed by atoms with E-state index in [1.807, 2.05) is 13.8 Å². The first-order valence-electron chi connectivity index (χ1n) is 8.83. The van der Waals surface area contributed by atoms with E-state index >= 15 is 0 Å². The maximum absolute atomic E-state index is 2.46. The Morgan fingerprint density at radius 3 is 1.91 bits per heavy atom. The van der Waals surface area contributed by atoms with E-state index in [9.17, 15) is 0 Å². The minimum absolute atomic E-state index is 0. The first-order chi connectivity index (χ1) is 8.83. The van der Waals surface area contributed by atoms with Gasteiger partial charge in [0.25, 0.3) is 0 Å². The summed E-state index contributed by atoms with van der Waals surface area (Å²) in [5, 5.41) is 0. The third-order valence-corrected chi connectivity index (χ3v) is 5.92. The summed E-state index contributed by atoms with van der Waals surface area (Å²) in [7, 11) is 0. The minimum Gasteiger partial charge on any atom is -0.358 e. The van der Waals surface area contributed by atoms with Gasteiger partial charge in [0.1, 0.15) is 0 Å². The Morgan fingerprint density at radius 1 is 0.739 bits per heavy atom. The van der Waals surface area contributed by atoms with Crippen molar-refractivity contribution in [3.8, 4) is 0 Å². The summed E-state index contributed by atoms with van der Waals surface area (Å²) in [6.07, 6.45) is 15.6. The third kappa shape index (κ3) is 8.69. The second-order valence-corrected chi connectivity index (χ2v) is 7.07. The molecule has 3 rings (SSSR count). The van der Waals surface area contributed by atoms with Crippen LogP contribution in [-0.2, 0) is 26.2 Å². The van der Waals surface area contributed by atoms with Gasteiger partial charge in [-0.15, -0.1) is 0 Å². The summed E-state index contributed by atoms with van der Waals surface area (Å²) in [4.78, 5) is 0. The van der Waals surface area contributed by atoms with E-state index < -0.39 is 0 Å². The van der Waals surface area contributed by atoms with Crippen LogP contribution >= 0.6 is 0 Å². The fourth-order valence-corrected chi connectivity index (χ4v) is 5.12. The molecule has 3 aliphatic carbocycles. The van der Waals surface area contributed by atoms with Crippen molar-refractivity contribution in [3.63, 3.8) is 0 Å². The van der Waals surface area contributed by atoms with Crippen molar-refractivity contribution in [1.29, 1.82) is 0 Å². The first kappa shape index (κ1) is 31.6. The summed E-state index contributed by atoms with van der Waals surface area (Å²) in [6.45, 7) is 6.46. The van der Waals surface area contributed by atoms with Crippen LogP contribution in [0.25, 0.3) is 0 Å². The van der Waals surface area contributed by atoms with E-state index in [0.29, 0.717) is 0 Å². The minimum atomic E-state index is 0. The number of rotatable bonds is 2. The van der Waals surface area contributed by atoms with E-state index in [4.69, 9.17) is 0 Å². The molecule has 0 aromatic heterocycles. The largest absolute Gasteiger partial charge is 4.00 e. The third-order valence-electron chi connectivity index (χ3n) is 5.92. The normalized spacial score (nSPS) is 33.8. The van der Waals surface area contributed by atoms with Crippen LogP contribution in [0.2, 0.25) is 0 Å². The Morgan fingerprint density at radius 2 is 1.35 bits per heavy atom. The molecule has 3 fully saturated rings. The predicted octanol–water partition coefficient (Wildman–Crippen LogP) is 7.85. The SMILES string of the molecule is CC.CC1CCC(CC2CCC3CCCCC32)C1.[CH3-].[CH3-].[CH3-].[CH3-].[Zr+4]. The van der Waals surface area contributed by atoms with E-state index in [-0.39, 0.29) is 55.9 Å². The first-order valence-corrected chi connectivity index (χ1v) is 8.83. The molecule has 0 amide bonds. The average molecular weight is 402 g/mol. The quantitative estimate of drug-likeness (QED) is 0.413. The van der Waals surface area contributed by atoms with Crippen molar-refractivity contribution < 1.29 is 26.2 Å². The van der Waals surface area contributed by atoms with Crippen molar-refractivity contribution in [1.82, 2.24) is 0 Å². The Bertz CT molecular complexity index is 238. The van der Waals surface area contributed by atoms with Gasteiger partial charge in [0.05, 0.1) is 0 Å². The van der Waals surface area contributed by atoms with Crippen LogP contribution in [0.5, 0.6) is 0 Å². The molecule has 138 valence electrons. The van der Waals surface area contributed by atoms with E-state index in [1.54, 1.807) is 51.4 Å². The van der Waals surface area contributed by atoms with Gasteiger partial charge < -0.3 is 29.7 Å². The molecule has 0 aromatic carbocycles. The molecule has 0 N–H and O–H groups in total. The van der Waals surface area contributed by atoms with Gasteiger partial charge in [-0.1, -0.05) is 52.9 Å². The molecule has 3 saturated carbocycles. The van der Waals surface area contributed by atoms with Crippen molar-refractivity contribution in [2.24, 2.45) is 29.6 Å². The molecule has 0 nitrogen and oxygen atoms in total. The molecule has 5 atom stereocenters. The molecular weight excluding hydrogens is 355 g/mol. The van der Waals surface area contributed by atoms with E-state index in [2.05, 4.69) is 6.92 Å². The van der Waals surface area contributed by atoms with Crippen molar-refractivity contribution >= 4 is 0 Å². The topological polar surface area (TPSA) is 0 Å². The van der Waals surface area contributed by atoms with Gasteiger partial charge in [0, 0.05) is 0 Å². The maximum atomic E-state index is 2.46. The van der Waals surface area contributed by atoms with Gasteiger partial charge >= 0.3 is 26.2 Å². The fourth-order valence-electron chi connectivity index (χ4n) is 5.12. The molecule has 3 aliphatic rings. The zero-order valence-electron chi connectivity index (χ0n) is 17.5.